The summed E-state index contributed by atoms with van der Waals surface area (Å²) in [6.45, 7) is -0.327. The van der Waals surface area contributed by atoms with Crippen LogP contribution in [0.15, 0.2) is 29.2 Å². The molecule has 25 heavy (non-hydrogen) atoms. The number of rotatable bonds is 6. The summed E-state index contributed by atoms with van der Waals surface area (Å²) >= 11 is 0. The first-order valence-electron chi connectivity index (χ1n) is 7.35. The van der Waals surface area contributed by atoms with Crippen molar-refractivity contribution in [3.8, 4) is 0 Å². The Kier molecular flexibility index (Phi) is 7.66. The van der Waals surface area contributed by atoms with Crippen LogP contribution >= 0.6 is 12.4 Å². The minimum absolute atomic E-state index is 0. The molecule has 1 aromatic carbocycles. The molecular weight excluding hydrogens is 383 g/mol. The number of nitrogens with one attached hydrogen (secondary N) is 3. The van der Waals surface area contributed by atoms with Gasteiger partial charge in [-0.3, -0.25) is 4.79 Å². The van der Waals surface area contributed by atoms with E-state index in [2.05, 4.69) is 10.0 Å². The largest absolute Gasteiger partial charge is 0.405 e. The number of hydrogen-bond acceptors (Lipinski definition) is 4. The fourth-order valence-electron chi connectivity index (χ4n) is 2.29. The van der Waals surface area contributed by atoms with Gasteiger partial charge in [-0.25, -0.2) is 13.1 Å². The van der Waals surface area contributed by atoms with Crippen LogP contribution in [0.25, 0.3) is 0 Å². The molecule has 0 aliphatic carbocycles. The quantitative estimate of drug-likeness (QED) is 0.673. The van der Waals surface area contributed by atoms with Crippen molar-refractivity contribution in [2.45, 2.75) is 30.0 Å². The van der Waals surface area contributed by atoms with Crippen molar-refractivity contribution in [1.29, 1.82) is 0 Å². The molecule has 1 saturated heterocycles. The van der Waals surface area contributed by atoms with Gasteiger partial charge in [-0.1, -0.05) is 0 Å². The van der Waals surface area contributed by atoms with Gasteiger partial charge in [0.15, 0.2) is 0 Å². The van der Waals surface area contributed by atoms with Crippen LogP contribution in [-0.4, -0.2) is 46.2 Å². The summed E-state index contributed by atoms with van der Waals surface area (Å²) < 4.78 is 62.9. The van der Waals surface area contributed by atoms with Gasteiger partial charge < -0.3 is 10.6 Å². The van der Waals surface area contributed by atoms with Crippen molar-refractivity contribution in [3.05, 3.63) is 29.8 Å². The highest BCUT2D eigenvalue weighted by Crippen LogP contribution is 2.14. The van der Waals surface area contributed by atoms with Crippen molar-refractivity contribution in [1.82, 2.24) is 15.4 Å². The molecule has 1 aliphatic rings. The Hall–Kier alpha value is -1.36. The van der Waals surface area contributed by atoms with Gasteiger partial charge >= 0.3 is 6.18 Å². The van der Waals surface area contributed by atoms with Crippen LogP contribution in [0.4, 0.5) is 13.2 Å². The fraction of sp³-hybridized carbons (Fsp3) is 0.500. The topological polar surface area (TPSA) is 87.3 Å². The number of benzene rings is 1. The smallest absolute Gasteiger partial charge is 0.343 e. The second-order valence-corrected chi connectivity index (χ2v) is 7.23. The van der Waals surface area contributed by atoms with Gasteiger partial charge in [0.2, 0.25) is 10.0 Å². The second kappa shape index (κ2) is 8.84. The Bertz CT molecular complexity index is 675. The van der Waals surface area contributed by atoms with Crippen molar-refractivity contribution in [3.63, 3.8) is 0 Å². The van der Waals surface area contributed by atoms with E-state index in [1.165, 1.54) is 24.3 Å². The van der Waals surface area contributed by atoms with Gasteiger partial charge in [0.1, 0.15) is 6.54 Å². The lowest BCUT2D eigenvalue weighted by Crippen LogP contribution is -2.37. The Balaban J connectivity index is 0.00000312. The Morgan fingerprint density at radius 2 is 1.88 bits per heavy atom. The minimum atomic E-state index is -4.50. The lowest BCUT2D eigenvalue weighted by atomic mass is 10.2. The molecule has 6 nitrogen and oxygen atoms in total. The molecule has 0 bridgehead atoms. The van der Waals surface area contributed by atoms with E-state index in [1.54, 1.807) is 5.32 Å². The third-order valence-corrected chi connectivity index (χ3v) is 5.00. The van der Waals surface area contributed by atoms with Gasteiger partial charge in [0, 0.05) is 18.2 Å². The lowest BCUT2D eigenvalue weighted by Gasteiger charge is -2.12. The highest BCUT2D eigenvalue weighted by atomic mass is 35.5. The molecule has 0 spiro atoms. The zero-order valence-corrected chi connectivity index (χ0v) is 14.7. The van der Waals surface area contributed by atoms with Crippen molar-refractivity contribution in [2.75, 3.05) is 19.6 Å². The maximum atomic E-state index is 12.1. The van der Waals surface area contributed by atoms with Crippen LogP contribution < -0.4 is 15.4 Å². The van der Waals surface area contributed by atoms with Crippen molar-refractivity contribution >= 4 is 28.3 Å². The van der Waals surface area contributed by atoms with Gasteiger partial charge in [0.25, 0.3) is 5.91 Å². The summed E-state index contributed by atoms with van der Waals surface area (Å²) in [7, 11) is -3.73. The first-order valence-corrected chi connectivity index (χ1v) is 8.84. The van der Waals surface area contributed by atoms with E-state index in [4.69, 9.17) is 0 Å². The first-order chi connectivity index (χ1) is 11.2. The van der Waals surface area contributed by atoms with E-state index in [1.807, 2.05) is 0 Å². The Labute approximate surface area is 150 Å². The zero-order chi connectivity index (χ0) is 17.8. The molecule has 1 aliphatic heterocycles. The van der Waals surface area contributed by atoms with Gasteiger partial charge in [-0.2, -0.15) is 13.2 Å². The monoisotopic (exact) mass is 401 g/mol. The highest BCUT2D eigenvalue weighted by molar-refractivity contribution is 7.89. The molecule has 0 radical (unpaired) electrons. The summed E-state index contributed by atoms with van der Waals surface area (Å²) in [6, 6.07) is 4.81. The van der Waals surface area contributed by atoms with E-state index >= 15 is 0 Å². The summed E-state index contributed by atoms with van der Waals surface area (Å²) in [6.07, 6.45) is -2.62. The Morgan fingerprint density at radius 1 is 1.24 bits per heavy atom. The standard InChI is InChI=1S/C14H18F3N3O3S.ClH/c15-14(16,17)9-19-13(21)10-3-5-12(6-4-10)24(22,23)20-8-11-2-1-7-18-11;/h3-6,11,18,20H,1-2,7-9H2,(H,19,21);1H. The molecule has 1 unspecified atom stereocenters. The van der Waals surface area contributed by atoms with Crippen molar-refractivity contribution in [2.24, 2.45) is 0 Å². The van der Waals surface area contributed by atoms with Crippen LogP contribution in [0.1, 0.15) is 23.2 Å². The third kappa shape index (κ3) is 6.81. The van der Waals surface area contributed by atoms with Gasteiger partial charge in [-0.05, 0) is 43.7 Å². The van der Waals surface area contributed by atoms with Crippen molar-refractivity contribution < 1.29 is 26.4 Å². The Morgan fingerprint density at radius 3 is 2.40 bits per heavy atom. The van der Waals surface area contributed by atoms with E-state index < -0.39 is 28.7 Å². The molecule has 0 saturated carbocycles. The number of carbonyl (C=O) groups is 1. The predicted octanol–water partition coefficient (Wildman–Crippen LogP) is 1.43. The van der Waals surface area contributed by atoms with Crippen LogP contribution in [-0.2, 0) is 10.0 Å². The summed E-state index contributed by atoms with van der Waals surface area (Å²) in [4.78, 5) is 11.5. The molecular formula is C14H19ClF3N3O3S. The number of alkyl halides is 3. The molecule has 1 heterocycles. The third-order valence-electron chi connectivity index (χ3n) is 3.56. The first kappa shape index (κ1) is 21.7. The number of carbonyl (C=O) groups excluding carboxylic acids is 1. The van der Waals surface area contributed by atoms with E-state index in [0.29, 0.717) is 0 Å². The van der Waals surface area contributed by atoms with Crippen LogP contribution in [0, 0.1) is 0 Å². The number of hydrogen-bond donors (Lipinski definition) is 3. The zero-order valence-electron chi connectivity index (χ0n) is 13.1. The van der Waals surface area contributed by atoms with Crippen LogP contribution in [0.2, 0.25) is 0 Å². The number of sulfonamides is 1. The molecule has 1 atom stereocenters. The molecule has 2 rings (SSSR count). The maximum Gasteiger partial charge on any atom is 0.405 e. The predicted molar refractivity (Wildman–Crippen MR) is 88.3 cm³/mol. The average Bonchev–Trinajstić information content (AvgIpc) is 3.04. The van der Waals surface area contributed by atoms with E-state index in [9.17, 15) is 26.4 Å². The molecule has 3 N–H and O–H groups in total. The van der Waals surface area contributed by atoms with Crippen LogP contribution in [0.3, 0.4) is 0 Å². The average molecular weight is 402 g/mol. The molecule has 11 heteroatoms. The summed E-state index contributed by atoms with van der Waals surface area (Å²) in [5.74, 6) is -0.917. The summed E-state index contributed by atoms with van der Waals surface area (Å²) in [5, 5.41) is 4.88. The van der Waals surface area contributed by atoms with E-state index in [0.717, 1.165) is 19.4 Å². The molecule has 142 valence electrons. The number of halogens is 4. The SMILES string of the molecule is Cl.O=C(NCC(F)(F)F)c1ccc(S(=O)(=O)NCC2CCCN2)cc1. The molecule has 1 fully saturated rings. The van der Waals surface area contributed by atoms with Gasteiger partial charge in [0.05, 0.1) is 4.90 Å². The second-order valence-electron chi connectivity index (χ2n) is 5.47. The highest BCUT2D eigenvalue weighted by Gasteiger charge is 2.28. The molecule has 1 aromatic rings. The molecule has 0 aromatic heterocycles. The van der Waals surface area contributed by atoms with Gasteiger partial charge in [-0.15, -0.1) is 12.4 Å². The summed E-state index contributed by atoms with van der Waals surface area (Å²) in [5.41, 5.74) is -0.0457. The lowest BCUT2D eigenvalue weighted by molar-refractivity contribution is -0.123. The minimum Gasteiger partial charge on any atom is -0.343 e. The van der Waals surface area contributed by atoms with Crippen LogP contribution in [0.5, 0.6) is 0 Å². The van der Waals surface area contributed by atoms with E-state index in [-0.39, 0.29) is 35.5 Å². The number of amides is 1. The molecule has 1 amide bonds. The fourth-order valence-corrected chi connectivity index (χ4v) is 3.37. The normalized spacial score (nSPS) is 17.8. The maximum absolute atomic E-state index is 12.1.